The fourth-order valence-corrected chi connectivity index (χ4v) is 7.04. The molecule has 1 unspecified atom stereocenters. The zero-order valence-corrected chi connectivity index (χ0v) is 28.5. The van der Waals surface area contributed by atoms with E-state index in [-0.39, 0.29) is 37.1 Å². The van der Waals surface area contributed by atoms with Gasteiger partial charge in [-0.15, -0.1) is 0 Å². The molecule has 0 spiro atoms. The van der Waals surface area contributed by atoms with Crippen LogP contribution in [0, 0.1) is 0 Å². The molecule has 0 amide bonds. The third-order valence-corrected chi connectivity index (χ3v) is 9.91. The maximum absolute atomic E-state index is 14.4. The van der Waals surface area contributed by atoms with Crippen molar-refractivity contribution in [3.63, 3.8) is 0 Å². The van der Waals surface area contributed by atoms with Crippen LogP contribution in [0.1, 0.15) is 58.6 Å². The number of nitrogen functional groups attached to an aromatic ring is 1. The van der Waals surface area contributed by atoms with Crippen molar-refractivity contribution >= 4 is 43.7 Å². The number of anilines is 1. The first kappa shape index (κ1) is 35.9. The Morgan fingerprint density at radius 3 is 2.49 bits per heavy atom. The van der Waals surface area contributed by atoms with Gasteiger partial charge in [0.05, 0.1) is 18.8 Å². The van der Waals surface area contributed by atoms with Gasteiger partial charge in [0, 0.05) is 12.8 Å². The van der Waals surface area contributed by atoms with Crippen molar-refractivity contribution in [1.29, 1.82) is 0 Å². The second kappa shape index (κ2) is 15.5. The van der Waals surface area contributed by atoms with E-state index >= 15 is 0 Å². The summed E-state index contributed by atoms with van der Waals surface area (Å²) in [5.74, 6) is -1.50. The van der Waals surface area contributed by atoms with Gasteiger partial charge in [0.25, 0.3) is 0 Å². The van der Waals surface area contributed by atoms with E-state index in [0.717, 1.165) is 19.3 Å². The van der Waals surface area contributed by atoms with Crippen LogP contribution < -0.4 is 15.3 Å². The molecule has 2 fully saturated rings. The fourth-order valence-electron chi connectivity index (χ4n) is 5.53. The van der Waals surface area contributed by atoms with Gasteiger partial charge < -0.3 is 29.2 Å². The van der Waals surface area contributed by atoms with Gasteiger partial charge >= 0.3 is 25.7 Å². The third kappa shape index (κ3) is 7.93. The molecule has 3 N–H and O–H groups in total. The largest absolute Gasteiger partial charge is 0.461 e. The average molecular weight is 701 g/mol. The van der Waals surface area contributed by atoms with Gasteiger partial charge in [0.1, 0.15) is 35.8 Å². The number of carbonyl (C=O) groups is 3. The van der Waals surface area contributed by atoms with Crippen LogP contribution in [0.15, 0.2) is 53.8 Å². The van der Waals surface area contributed by atoms with Crippen molar-refractivity contribution in [2.24, 2.45) is 4.99 Å². The number of carbonyl (C=O) groups excluding carboxylic acids is 3. The molecule has 1 aliphatic carbocycles. The lowest BCUT2D eigenvalue weighted by Crippen LogP contribution is -2.48. The Kier molecular flexibility index (Phi) is 11.3. The molecule has 1 saturated carbocycles. The van der Waals surface area contributed by atoms with E-state index in [4.69, 9.17) is 33.7 Å². The molecule has 3 heterocycles. The number of nitrogens with two attached hydrogens (primary N) is 1. The molecule has 1 aliphatic heterocycles. The molecule has 264 valence electrons. The number of ether oxygens (including phenoxy) is 4. The van der Waals surface area contributed by atoms with E-state index in [9.17, 15) is 18.9 Å². The minimum absolute atomic E-state index is 0.00733. The van der Waals surface area contributed by atoms with Gasteiger partial charge in [-0.2, -0.15) is 10.2 Å². The summed E-state index contributed by atoms with van der Waals surface area (Å²) in [5, 5.41) is 7.00. The summed E-state index contributed by atoms with van der Waals surface area (Å²) in [6.45, 7) is 7.63. The standard InChI is InChI=1S/C32H41N6O10P/c1-5-26(39)45-28-24(17-43-49(42,48-22-11-8-7-9-12-22)37-20(3)31(41)44-21-13-10-14-21)47-32(18-34-4,29(28)46-27(40)6-2)25-16-15-23-30(33)35-19-36-38(23)25/h7-9,11-12,15-16,19-21,24,28-29H,4-6,10,13-14,17-18H2,1-3H3,(H,37,42)(H2,33,35,36)/t20-,24+,28+,29+,32-,49?/m0/s1. The summed E-state index contributed by atoms with van der Waals surface area (Å²) < 4.78 is 51.5. The Bertz CT molecular complexity index is 1700. The van der Waals surface area contributed by atoms with Crippen LogP contribution in [-0.4, -0.2) is 82.8 Å². The second-order valence-corrected chi connectivity index (χ2v) is 13.4. The lowest BCUT2D eigenvalue weighted by Gasteiger charge is -2.33. The Morgan fingerprint density at radius 2 is 1.84 bits per heavy atom. The number of fused-ring (bicyclic) bond motifs is 1. The van der Waals surface area contributed by atoms with Crippen molar-refractivity contribution in [1.82, 2.24) is 19.7 Å². The Hall–Kier alpha value is -4.37. The molecule has 17 heteroatoms. The highest BCUT2D eigenvalue weighted by molar-refractivity contribution is 7.52. The minimum atomic E-state index is -4.38. The van der Waals surface area contributed by atoms with Gasteiger partial charge in [-0.05, 0) is 57.2 Å². The minimum Gasteiger partial charge on any atom is -0.461 e. The van der Waals surface area contributed by atoms with Crippen LogP contribution in [0.5, 0.6) is 5.75 Å². The zero-order valence-electron chi connectivity index (χ0n) is 27.6. The van der Waals surface area contributed by atoms with E-state index in [0.29, 0.717) is 11.2 Å². The molecule has 0 radical (unpaired) electrons. The highest BCUT2D eigenvalue weighted by Crippen LogP contribution is 2.49. The molecule has 0 bridgehead atoms. The number of benzene rings is 1. The summed E-state index contributed by atoms with van der Waals surface area (Å²) in [6, 6.07) is 10.5. The lowest BCUT2D eigenvalue weighted by atomic mass is 9.90. The third-order valence-electron chi connectivity index (χ3n) is 8.27. The maximum Gasteiger partial charge on any atom is 0.459 e. The molecule has 1 aromatic carbocycles. The SMILES string of the molecule is C=NC[C@@]1(c2ccc3c(N)ncnn23)O[C@H](COP(=O)(N[C@@H](C)C(=O)OC2CCC2)Oc2ccccc2)[C@@H](OC(=O)CC)[C@H]1OC(=O)CC. The van der Waals surface area contributed by atoms with Crippen molar-refractivity contribution in [3.05, 3.63) is 54.5 Å². The molecular weight excluding hydrogens is 659 g/mol. The summed E-state index contributed by atoms with van der Waals surface area (Å²) in [6.07, 6.45) is -0.318. The number of para-hydroxylation sites is 1. The number of aromatic nitrogens is 3. The predicted molar refractivity (Wildman–Crippen MR) is 176 cm³/mol. The predicted octanol–water partition coefficient (Wildman–Crippen LogP) is 3.53. The first-order valence-electron chi connectivity index (χ1n) is 16.1. The van der Waals surface area contributed by atoms with E-state index in [2.05, 4.69) is 26.9 Å². The highest BCUT2D eigenvalue weighted by atomic mass is 31.2. The molecule has 2 aromatic heterocycles. The zero-order chi connectivity index (χ0) is 35.2. The molecule has 2 aliphatic rings. The first-order chi connectivity index (χ1) is 23.5. The van der Waals surface area contributed by atoms with Crippen LogP contribution in [0.25, 0.3) is 5.52 Å². The Labute approximate surface area is 283 Å². The molecule has 1 saturated heterocycles. The molecule has 49 heavy (non-hydrogen) atoms. The number of hydrogen-bond acceptors (Lipinski definition) is 14. The van der Waals surface area contributed by atoms with Crippen LogP contribution in [0.4, 0.5) is 5.82 Å². The first-order valence-corrected chi connectivity index (χ1v) is 17.6. The Balaban J connectivity index is 1.52. The summed E-state index contributed by atoms with van der Waals surface area (Å²) >= 11 is 0. The summed E-state index contributed by atoms with van der Waals surface area (Å²) in [5.41, 5.74) is 5.23. The molecule has 6 atom stereocenters. The van der Waals surface area contributed by atoms with Gasteiger partial charge in [-0.1, -0.05) is 32.0 Å². The van der Waals surface area contributed by atoms with E-state index in [1.165, 1.54) is 17.8 Å². The van der Waals surface area contributed by atoms with Crippen LogP contribution in [0.3, 0.4) is 0 Å². The van der Waals surface area contributed by atoms with Crippen LogP contribution in [-0.2, 0) is 48.0 Å². The van der Waals surface area contributed by atoms with Gasteiger partial charge in [0.2, 0.25) is 0 Å². The molecular formula is C32H41N6O10P. The number of nitrogens with one attached hydrogen (secondary N) is 1. The van der Waals surface area contributed by atoms with Crippen molar-refractivity contribution in [2.75, 3.05) is 18.9 Å². The fraction of sp³-hybridized carbons (Fsp3) is 0.500. The van der Waals surface area contributed by atoms with Gasteiger partial charge in [-0.3, -0.25) is 23.9 Å². The van der Waals surface area contributed by atoms with Gasteiger partial charge in [-0.25, -0.2) is 14.1 Å². The van der Waals surface area contributed by atoms with E-state index in [1.807, 2.05) is 0 Å². The number of aliphatic imine (C=N–C) groups is 1. The number of esters is 3. The average Bonchev–Trinajstić information content (AvgIpc) is 3.63. The summed E-state index contributed by atoms with van der Waals surface area (Å²) in [7, 11) is -4.38. The van der Waals surface area contributed by atoms with Crippen LogP contribution >= 0.6 is 7.75 Å². The monoisotopic (exact) mass is 700 g/mol. The number of nitrogens with zero attached hydrogens (tertiary/aromatic N) is 4. The smallest absolute Gasteiger partial charge is 0.459 e. The van der Waals surface area contributed by atoms with Crippen molar-refractivity contribution in [2.45, 2.75) is 88.9 Å². The van der Waals surface area contributed by atoms with Crippen molar-refractivity contribution < 1.29 is 46.9 Å². The number of hydrogen-bond donors (Lipinski definition) is 2. The van der Waals surface area contributed by atoms with Crippen molar-refractivity contribution in [3.8, 4) is 5.75 Å². The highest BCUT2D eigenvalue weighted by Gasteiger charge is 2.62. The Morgan fingerprint density at radius 1 is 1.12 bits per heavy atom. The maximum atomic E-state index is 14.4. The molecule has 5 rings (SSSR count). The van der Waals surface area contributed by atoms with Crippen LogP contribution in [0.2, 0.25) is 0 Å². The number of rotatable bonds is 16. The van der Waals surface area contributed by atoms with E-state index < -0.39 is 62.2 Å². The summed E-state index contributed by atoms with van der Waals surface area (Å²) in [4.78, 5) is 46.7. The molecule has 3 aromatic rings. The topological polar surface area (TPSA) is 204 Å². The molecule has 16 nitrogen and oxygen atoms in total. The quantitative estimate of drug-likeness (QED) is 0.0950. The second-order valence-electron chi connectivity index (χ2n) is 11.7. The van der Waals surface area contributed by atoms with E-state index in [1.54, 1.807) is 56.3 Å². The lowest BCUT2D eigenvalue weighted by molar-refractivity contribution is -0.171. The van der Waals surface area contributed by atoms with Gasteiger partial charge in [0.15, 0.2) is 23.6 Å². The normalized spacial score (nSPS) is 23.9.